The SMILES string of the molecule is O=S1(=O)CC(C(F)(F)F)CC1F. The second-order valence-electron chi connectivity index (χ2n) is 2.71. The zero-order valence-electron chi connectivity index (χ0n) is 5.81. The van der Waals surface area contributed by atoms with E-state index in [0.717, 1.165) is 0 Å². The minimum atomic E-state index is -4.60. The van der Waals surface area contributed by atoms with Gasteiger partial charge in [0.05, 0.1) is 11.7 Å². The van der Waals surface area contributed by atoms with Gasteiger partial charge in [-0.3, -0.25) is 0 Å². The van der Waals surface area contributed by atoms with E-state index in [-0.39, 0.29) is 0 Å². The van der Waals surface area contributed by atoms with Gasteiger partial charge < -0.3 is 0 Å². The van der Waals surface area contributed by atoms with Crippen LogP contribution in [0.4, 0.5) is 17.6 Å². The summed E-state index contributed by atoms with van der Waals surface area (Å²) in [5.74, 6) is -3.14. The summed E-state index contributed by atoms with van der Waals surface area (Å²) in [6.45, 7) is 0. The molecule has 0 saturated carbocycles. The van der Waals surface area contributed by atoms with Gasteiger partial charge in [0.2, 0.25) is 5.50 Å². The second-order valence-corrected chi connectivity index (χ2v) is 4.88. The maximum Gasteiger partial charge on any atom is 0.392 e. The summed E-state index contributed by atoms with van der Waals surface area (Å²) in [6, 6.07) is 0. The Kier molecular flexibility index (Phi) is 2.10. The summed E-state index contributed by atoms with van der Waals surface area (Å²) >= 11 is 0. The van der Waals surface area contributed by atoms with Crippen LogP contribution in [0, 0.1) is 5.92 Å². The lowest BCUT2D eigenvalue weighted by Crippen LogP contribution is -2.23. The molecule has 0 aromatic rings. The van der Waals surface area contributed by atoms with Gasteiger partial charge in [0.1, 0.15) is 0 Å². The normalized spacial score (nSPS) is 35.3. The van der Waals surface area contributed by atoms with E-state index in [1.54, 1.807) is 0 Å². The van der Waals surface area contributed by atoms with E-state index in [2.05, 4.69) is 0 Å². The minimum absolute atomic E-state index is 0.953. The van der Waals surface area contributed by atoms with Crippen LogP contribution >= 0.6 is 0 Å². The van der Waals surface area contributed by atoms with Crippen molar-refractivity contribution in [1.82, 2.24) is 0 Å². The average Bonchev–Trinajstić information content (AvgIpc) is 2.06. The van der Waals surface area contributed by atoms with Crippen molar-refractivity contribution < 1.29 is 26.0 Å². The van der Waals surface area contributed by atoms with Gasteiger partial charge in [-0.25, -0.2) is 12.8 Å². The number of rotatable bonds is 0. The number of halogens is 4. The van der Waals surface area contributed by atoms with Crippen LogP contribution in [0.25, 0.3) is 0 Å². The molecule has 0 bridgehead atoms. The van der Waals surface area contributed by atoms with Crippen molar-refractivity contribution in [2.24, 2.45) is 5.92 Å². The van der Waals surface area contributed by atoms with Gasteiger partial charge >= 0.3 is 6.18 Å². The first kappa shape index (κ1) is 9.76. The van der Waals surface area contributed by atoms with Crippen molar-refractivity contribution in [2.75, 3.05) is 5.75 Å². The highest BCUT2D eigenvalue weighted by molar-refractivity contribution is 7.92. The minimum Gasteiger partial charge on any atom is -0.230 e. The smallest absolute Gasteiger partial charge is 0.230 e. The molecule has 1 aliphatic heterocycles. The molecule has 2 nitrogen and oxygen atoms in total. The number of sulfone groups is 1. The Bertz CT molecular complexity index is 268. The van der Waals surface area contributed by atoms with E-state index in [9.17, 15) is 26.0 Å². The van der Waals surface area contributed by atoms with Crippen LogP contribution in [0.5, 0.6) is 0 Å². The highest BCUT2D eigenvalue weighted by Gasteiger charge is 2.51. The lowest BCUT2D eigenvalue weighted by molar-refractivity contribution is -0.169. The molecule has 1 aliphatic rings. The zero-order chi connectivity index (χ0) is 9.57. The van der Waals surface area contributed by atoms with Gasteiger partial charge in [-0.1, -0.05) is 0 Å². The third kappa shape index (κ3) is 1.70. The van der Waals surface area contributed by atoms with Crippen LogP contribution in [-0.2, 0) is 9.84 Å². The lowest BCUT2D eigenvalue weighted by atomic mass is 10.1. The van der Waals surface area contributed by atoms with Gasteiger partial charge in [-0.2, -0.15) is 13.2 Å². The topological polar surface area (TPSA) is 34.1 Å². The highest BCUT2D eigenvalue weighted by Crippen LogP contribution is 2.38. The van der Waals surface area contributed by atoms with E-state index < -0.39 is 39.6 Å². The molecule has 72 valence electrons. The Balaban J connectivity index is 2.81. The molecule has 0 aromatic heterocycles. The number of hydrogen-bond acceptors (Lipinski definition) is 2. The Labute approximate surface area is 66.5 Å². The van der Waals surface area contributed by atoms with Crippen molar-refractivity contribution in [2.45, 2.75) is 18.1 Å². The molecule has 12 heavy (non-hydrogen) atoms. The van der Waals surface area contributed by atoms with Crippen molar-refractivity contribution in [3.05, 3.63) is 0 Å². The molecule has 2 atom stereocenters. The summed E-state index contributed by atoms with van der Waals surface area (Å²) in [4.78, 5) is 0. The predicted octanol–water partition coefficient (Wildman–Crippen LogP) is 1.28. The molecule has 0 spiro atoms. The zero-order valence-corrected chi connectivity index (χ0v) is 6.62. The van der Waals surface area contributed by atoms with Gasteiger partial charge in [-0.15, -0.1) is 0 Å². The first-order valence-electron chi connectivity index (χ1n) is 3.16. The molecule has 1 rings (SSSR count). The Morgan fingerprint density at radius 3 is 1.92 bits per heavy atom. The van der Waals surface area contributed by atoms with Crippen molar-refractivity contribution in [1.29, 1.82) is 0 Å². The van der Waals surface area contributed by atoms with Crippen molar-refractivity contribution in [3.63, 3.8) is 0 Å². The van der Waals surface area contributed by atoms with Gasteiger partial charge in [0, 0.05) is 6.42 Å². The highest BCUT2D eigenvalue weighted by atomic mass is 32.2. The van der Waals surface area contributed by atoms with E-state index >= 15 is 0 Å². The molecule has 2 unspecified atom stereocenters. The Morgan fingerprint density at radius 2 is 1.75 bits per heavy atom. The summed E-state index contributed by atoms with van der Waals surface area (Å²) in [5, 5.41) is 0. The second kappa shape index (κ2) is 2.58. The molecule has 0 aromatic carbocycles. The van der Waals surface area contributed by atoms with Crippen LogP contribution in [0.1, 0.15) is 6.42 Å². The monoisotopic (exact) mass is 206 g/mol. The number of hydrogen-bond donors (Lipinski definition) is 0. The van der Waals surface area contributed by atoms with E-state index in [0.29, 0.717) is 0 Å². The quantitative estimate of drug-likeness (QED) is 0.559. The van der Waals surface area contributed by atoms with Crippen molar-refractivity contribution in [3.8, 4) is 0 Å². The van der Waals surface area contributed by atoms with Gasteiger partial charge in [0.15, 0.2) is 9.84 Å². The molecule has 0 amide bonds. The fourth-order valence-electron chi connectivity index (χ4n) is 1.05. The van der Waals surface area contributed by atoms with Crippen LogP contribution in [0.2, 0.25) is 0 Å². The molecule has 1 saturated heterocycles. The fraction of sp³-hybridized carbons (Fsp3) is 1.00. The summed E-state index contributed by atoms with van der Waals surface area (Å²) in [5.41, 5.74) is -2.34. The van der Waals surface area contributed by atoms with E-state index in [1.165, 1.54) is 0 Å². The third-order valence-corrected chi connectivity index (χ3v) is 3.59. The van der Waals surface area contributed by atoms with Crippen LogP contribution in [0.15, 0.2) is 0 Å². The van der Waals surface area contributed by atoms with Crippen LogP contribution in [0.3, 0.4) is 0 Å². The van der Waals surface area contributed by atoms with Gasteiger partial charge in [0.25, 0.3) is 0 Å². The molecule has 1 heterocycles. The third-order valence-electron chi connectivity index (χ3n) is 1.76. The Morgan fingerprint density at radius 1 is 1.25 bits per heavy atom. The predicted molar refractivity (Wildman–Crippen MR) is 32.8 cm³/mol. The fourth-order valence-corrected chi connectivity index (χ4v) is 2.67. The van der Waals surface area contributed by atoms with E-state index in [1.807, 2.05) is 0 Å². The largest absolute Gasteiger partial charge is 0.392 e. The molecule has 7 heteroatoms. The van der Waals surface area contributed by atoms with Gasteiger partial charge in [-0.05, 0) is 0 Å². The Hall–Kier alpha value is -0.330. The summed E-state index contributed by atoms with van der Waals surface area (Å²) in [7, 11) is -4.14. The first-order valence-corrected chi connectivity index (χ1v) is 4.87. The molecule has 1 fully saturated rings. The molecular formula is C5H6F4O2S. The maximum atomic E-state index is 12.4. The first-order chi connectivity index (χ1) is 5.23. The molecule has 0 aliphatic carbocycles. The molecule has 0 radical (unpaired) electrons. The molecular weight excluding hydrogens is 200 g/mol. The van der Waals surface area contributed by atoms with Crippen LogP contribution in [-0.4, -0.2) is 25.9 Å². The maximum absolute atomic E-state index is 12.4. The summed E-state index contributed by atoms with van der Waals surface area (Å²) in [6.07, 6.45) is -5.56. The average molecular weight is 206 g/mol. The van der Waals surface area contributed by atoms with Crippen molar-refractivity contribution >= 4 is 9.84 Å². The molecule has 0 N–H and O–H groups in total. The van der Waals surface area contributed by atoms with Crippen LogP contribution < -0.4 is 0 Å². The number of alkyl halides is 4. The van der Waals surface area contributed by atoms with E-state index in [4.69, 9.17) is 0 Å². The standard InChI is InChI=1S/C5H6F4O2S/c6-4-1-3(5(7,8)9)2-12(4,10)11/h3-4H,1-2H2. The lowest BCUT2D eigenvalue weighted by Gasteiger charge is -2.10. The summed E-state index contributed by atoms with van der Waals surface area (Å²) < 4.78 is 69.0.